The van der Waals surface area contributed by atoms with E-state index < -0.39 is 5.91 Å². The third-order valence-corrected chi connectivity index (χ3v) is 5.62. The maximum atomic E-state index is 12.3. The maximum absolute atomic E-state index is 12.3. The topological polar surface area (TPSA) is 84.1 Å². The highest BCUT2D eigenvalue weighted by molar-refractivity contribution is 7.15. The molecular formula is C20H23N3O3S. The number of esters is 1. The first-order chi connectivity index (χ1) is 12.8. The molecule has 0 atom stereocenters. The molecule has 0 bridgehead atoms. The maximum Gasteiger partial charge on any atom is 0.341 e. The minimum absolute atomic E-state index is 0.0452. The Morgan fingerprint density at radius 2 is 2.00 bits per heavy atom. The second kappa shape index (κ2) is 8.23. The third-order valence-electron chi connectivity index (χ3n) is 4.43. The number of aryl methyl sites for hydroxylation is 2. The summed E-state index contributed by atoms with van der Waals surface area (Å²) in [5.74, 6) is -0.778. The molecule has 0 aliphatic rings. The summed E-state index contributed by atoms with van der Waals surface area (Å²) in [5.41, 5.74) is 3.99. The molecule has 1 N–H and O–H groups in total. The van der Waals surface area contributed by atoms with Crippen molar-refractivity contribution >= 4 is 29.3 Å². The summed E-state index contributed by atoms with van der Waals surface area (Å²) in [6.45, 7) is 9.94. The number of carbonyl (C=O) groups is 2. The summed E-state index contributed by atoms with van der Waals surface area (Å²) in [7, 11) is 1.37. The fourth-order valence-corrected chi connectivity index (χ4v) is 4.17. The fourth-order valence-electron chi connectivity index (χ4n) is 2.92. The quantitative estimate of drug-likeness (QED) is 0.484. The number of hydrogen-bond acceptors (Lipinski definition) is 5. The van der Waals surface area contributed by atoms with Crippen LogP contribution in [0, 0.1) is 39.0 Å². The van der Waals surface area contributed by atoms with Gasteiger partial charge in [0, 0.05) is 22.8 Å². The van der Waals surface area contributed by atoms with Crippen molar-refractivity contribution in [2.45, 2.75) is 34.6 Å². The number of nitrogens with zero attached hydrogens (tertiary/aromatic N) is 2. The van der Waals surface area contributed by atoms with Gasteiger partial charge >= 0.3 is 5.97 Å². The second-order valence-electron chi connectivity index (χ2n) is 6.15. The van der Waals surface area contributed by atoms with Crippen molar-refractivity contribution in [3.05, 3.63) is 44.6 Å². The number of aromatic nitrogens is 1. The van der Waals surface area contributed by atoms with E-state index >= 15 is 0 Å². The minimum atomic E-state index is -0.400. The van der Waals surface area contributed by atoms with Gasteiger partial charge in [0.05, 0.1) is 12.7 Å². The van der Waals surface area contributed by atoms with Gasteiger partial charge in [0.15, 0.2) is 0 Å². The zero-order chi connectivity index (χ0) is 20.3. The Balaban J connectivity index is 2.65. The van der Waals surface area contributed by atoms with Crippen molar-refractivity contribution in [1.29, 1.82) is 5.26 Å². The lowest BCUT2D eigenvalue weighted by Gasteiger charge is -2.10. The van der Waals surface area contributed by atoms with Crippen molar-refractivity contribution < 1.29 is 14.3 Å². The van der Waals surface area contributed by atoms with E-state index in [4.69, 9.17) is 4.74 Å². The highest BCUT2D eigenvalue weighted by Gasteiger charge is 2.24. The number of nitrogens with one attached hydrogen (secondary N) is 1. The Kier molecular flexibility index (Phi) is 6.24. The number of hydrogen-bond donors (Lipinski definition) is 1. The molecule has 0 aliphatic heterocycles. The molecule has 2 rings (SSSR count). The molecule has 0 aliphatic carbocycles. The lowest BCUT2D eigenvalue weighted by Crippen LogP contribution is -2.23. The summed E-state index contributed by atoms with van der Waals surface area (Å²) in [5, 5.41) is 12.7. The van der Waals surface area contributed by atoms with Crippen LogP contribution in [-0.4, -0.2) is 30.1 Å². The molecule has 0 fully saturated rings. The van der Waals surface area contributed by atoms with Gasteiger partial charge in [-0.15, -0.1) is 11.3 Å². The van der Waals surface area contributed by atoms with E-state index in [0.29, 0.717) is 12.1 Å². The number of amides is 1. The number of methoxy groups -OCH3 is 1. The summed E-state index contributed by atoms with van der Waals surface area (Å²) < 4.78 is 6.93. The number of nitriles is 1. The summed E-state index contributed by atoms with van der Waals surface area (Å²) in [4.78, 5) is 25.4. The SMILES string of the molecule is CCNC(=O)/C(C#N)=C/c1cc(C)n(-c2sc(C)c(C)c2C(=O)OC)c1C. The van der Waals surface area contributed by atoms with E-state index in [2.05, 4.69) is 5.32 Å². The Morgan fingerprint density at radius 3 is 2.56 bits per heavy atom. The molecule has 0 unspecified atom stereocenters. The van der Waals surface area contributed by atoms with Gasteiger partial charge in [-0.2, -0.15) is 5.26 Å². The van der Waals surface area contributed by atoms with Gasteiger partial charge in [-0.25, -0.2) is 4.79 Å². The summed E-state index contributed by atoms with van der Waals surface area (Å²) in [6.07, 6.45) is 1.58. The minimum Gasteiger partial charge on any atom is -0.465 e. The van der Waals surface area contributed by atoms with Crippen LogP contribution in [0.15, 0.2) is 11.6 Å². The number of likely N-dealkylation sites (N-methyl/N-ethyl adjacent to an activating group) is 1. The van der Waals surface area contributed by atoms with Crippen molar-refractivity contribution in [2.24, 2.45) is 0 Å². The fraction of sp³-hybridized carbons (Fsp3) is 0.350. The van der Waals surface area contributed by atoms with Gasteiger partial charge in [0.25, 0.3) is 5.91 Å². The van der Waals surface area contributed by atoms with Crippen LogP contribution in [0.5, 0.6) is 0 Å². The van der Waals surface area contributed by atoms with E-state index in [-0.39, 0.29) is 11.5 Å². The van der Waals surface area contributed by atoms with Crippen molar-refractivity contribution in [3.8, 4) is 11.1 Å². The predicted molar refractivity (Wildman–Crippen MR) is 106 cm³/mol. The Labute approximate surface area is 163 Å². The number of ether oxygens (including phenoxy) is 1. The van der Waals surface area contributed by atoms with Crippen LogP contribution in [0.4, 0.5) is 0 Å². The zero-order valence-corrected chi connectivity index (χ0v) is 17.2. The van der Waals surface area contributed by atoms with Crippen molar-refractivity contribution in [3.63, 3.8) is 0 Å². The van der Waals surface area contributed by atoms with E-state index in [9.17, 15) is 14.9 Å². The normalized spacial score (nSPS) is 11.2. The molecule has 2 heterocycles. The van der Waals surface area contributed by atoms with Crippen LogP contribution in [-0.2, 0) is 9.53 Å². The molecule has 0 spiro atoms. The van der Waals surface area contributed by atoms with Gasteiger partial charge in [-0.3, -0.25) is 4.79 Å². The number of thiophene rings is 1. The first-order valence-electron chi connectivity index (χ1n) is 8.54. The second-order valence-corrected chi connectivity index (χ2v) is 7.35. The van der Waals surface area contributed by atoms with Crippen molar-refractivity contribution in [2.75, 3.05) is 13.7 Å². The van der Waals surface area contributed by atoms with E-state index in [1.807, 2.05) is 44.4 Å². The Morgan fingerprint density at radius 1 is 1.33 bits per heavy atom. The largest absolute Gasteiger partial charge is 0.465 e. The van der Waals surface area contributed by atoms with Gasteiger partial charge in [-0.05, 0) is 57.9 Å². The van der Waals surface area contributed by atoms with Gasteiger partial charge < -0.3 is 14.6 Å². The molecule has 0 saturated heterocycles. The lowest BCUT2D eigenvalue weighted by molar-refractivity contribution is -0.116. The molecule has 6 nitrogen and oxygen atoms in total. The average molecular weight is 385 g/mol. The lowest BCUT2D eigenvalue weighted by atomic mass is 10.1. The van der Waals surface area contributed by atoms with Crippen LogP contribution in [0.25, 0.3) is 11.1 Å². The standard InChI is InChI=1S/C20H23N3O3S/c1-7-22-18(24)16(10-21)9-15-8-11(2)23(13(15)4)19-17(20(25)26-6)12(3)14(5)27-19/h8-9H,7H2,1-6H3,(H,22,24)/b16-9+. The first kappa shape index (κ1) is 20.5. The molecule has 2 aromatic heterocycles. The number of carbonyl (C=O) groups excluding carboxylic acids is 2. The van der Waals surface area contributed by atoms with Gasteiger partial charge in [0.2, 0.25) is 0 Å². The van der Waals surface area contributed by atoms with E-state index in [1.165, 1.54) is 18.4 Å². The molecule has 2 aromatic rings. The predicted octanol–water partition coefficient (Wildman–Crippen LogP) is 3.60. The van der Waals surface area contributed by atoms with Crippen LogP contribution in [0.1, 0.15) is 44.7 Å². The molecule has 0 radical (unpaired) electrons. The third kappa shape index (κ3) is 3.81. The highest BCUT2D eigenvalue weighted by Crippen LogP contribution is 2.34. The molecule has 0 saturated carbocycles. The van der Waals surface area contributed by atoms with E-state index in [0.717, 1.165) is 32.4 Å². The van der Waals surface area contributed by atoms with Crippen LogP contribution >= 0.6 is 11.3 Å². The monoisotopic (exact) mass is 385 g/mol. The molecular weight excluding hydrogens is 362 g/mol. The average Bonchev–Trinajstić information content (AvgIpc) is 3.07. The Bertz CT molecular complexity index is 974. The number of rotatable bonds is 5. The Hall–Kier alpha value is -2.85. The van der Waals surface area contributed by atoms with Crippen LogP contribution in [0.2, 0.25) is 0 Å². The first-order valence-corrected chi connectivity index (χ1v) is 9.36. The zero-order valence-electron chi connectivity index (χ0n) is 16.4. The van der Waals surface area contributed by atoms with Crippen molar-refractivity contribution in [1.82, 2.24) is 9.88 Å². The summed E-state index contributed by atoms with van der Waals surface area (Å²) in [6, 6.07) is 3.85. The molecule has 142 valence electrons. The highest BCUT2D eigenvalue weighted by atomic mass is 32.1. The molecule has 1 amide bonds. The molecule has 27 heavy (non-hydrogen) atoms. The smallest absolute Gasteiger partial charge is 0.341 e. The van der Waals surface area contributed by atoms with Gasteiger partial charge in [0.1, 0.15) is 16.6 Å². The molecule has 0 aromatic carbocycles. The van der Waals surface area contributed by atoms with E-state index in [1.54, 1.807) is 13.0 Å². The summed E-state index contributed by atoms with van der Waals surface area (Å²) >= 11 is 1.52. The van der Waals surface area contributed by atoms with Gasteiger partial charge in [-0.1, -0.05) is 0 Å². The molecule has 7 heteroatoms. The van der Waals surface area contributed by atoms with Crippen LogP contribution in [0.3, 0.4) is 0 Å². The van der Waals surface area contributed by atoms with Crippen LogP contribution < -0.4 is 5.32 Å².